The molecular formula is C18H23N. The number of hydrogen-bond donors (Lipinski definition) is 1. The van der Waals surface area contributed by atoms with Crippen molar-refractivity contribution in [2.75, 3.05) is 6.54 Å². The largest absolute Gasteiger partial charge is 0.330 e. The van der Waals surface area contributed by atoms with Crippen LogP contribution >= 0.6 is 0 Å². The molecule has 19 heavy (non-hydrogen) atoms. The Kier molecular flexibility index (Phi) is 3.10. The SMILES string of the molecule is CC(C)(CN)CCc1ccc2c3c(cccc13)CC2. The summed E-state index contributed by atoms with van der Waals surface area (Å²) in [6.45, 7) is 5.27. The molecule has 1 aliphatic rings. The summed E-state index contributed by atoms with van der Waals surface area (Å²) in [7, 11) is 0. The third-order valence-electron chi connectivity index (χ3n) is 4.59. The van der Waals surface area contributed by atoms with E-state index in [1.807, 2.05) is 0 Å². The summed E-state index contributed by atoms with van der Waals surface area (Å²) in [6.07, 6.45) is 4.71. The molecule has 0 amide bonds. The molecule has 0 unspecified atom stereocenters. The Balaban J connectivity index is 1.98. The summed E-state index contributed by atoms with van der Waals surface area (Å²) >= 11 is 0. The van der Waals surface area contributed by atoms with E-state index in [1.54, 1.807) is 0 Å². The zero-order chi connectivity index (χ0) is 13.5. The maximum absolute atomic E-state index is 5.84. The lowest BCUT2D eigenvalue weighted by Crippen LogP contribution is -2.24. The Morgan fingerprint density at radius 2 is 1.79 bits per heavy atom. The molecule has 0 heterocycles. The maximum Gasteiger partial charge on any atom is -0.00257 e. The topological polar surface area (TPSA) is 26.0 Å². The number of aryl methyl sites for hydroxylation is 3. The van der Waals surface area contributed by atoms with E-state index in [0.29, 0.717) is 0 Å². The van der Waals surface area contributed by atoms with Crippen molar-refractivity contribution >= 4 is 10.8 Å². The van der Waals surface area contributed by atoms with Gasteiger partial charge >= 0.3 is 0 Å². The number of nitrogens with two attached hydrogens (primary N) is 1. The molecular weight excluding hydrogens is 230 g/mol. The molecule has 0 spiro atoms. The van der Waals surface area contributed by atoms with E-state index >= 15 is 0 Å². The molecule has 0 saturated heterocycles. The summed E-state index contributed by atoms with van der Waals surface area (Å²) in [4.78, 5) is 0. The van der Waals surface area contributed by atoms with Gasteiger partial charge in [-0.05, 0) is 65.1 Å². The molecule has 3 rings (SSSR count). The lowest BCUT2D eigenvalue weighted by atomic mass is 9.85. The second-order valence-corrected chi connectivity index (χ2v) is 6.59. The highest BCUT2D eigenvalue weighted by Crippen LogP contribution is 2.34. The van der Waals surface area contributed by atoms with Gasteiger partial charge in [0.1, 0.15) is 0 Å². The highest BCUT2D eigenvalue weighted by Gasteiger charge is 2.18. The maximum atomic E-state index is 5.84. The van der Waals surface area contributed by atoms with E-state index in [1.165, 1.54) is 40.3 Å². The summed E-state index contributed by atoms with van der Waals surface area (Å²) in [5.74, 6) is 0. The number of benzene rings is 2. The summed E-state index contributed by atoms with van der Waals surface area (Å²) in [5, 5.41) is 3.01. The van der Waals surface area contributed by atoms with E-state index in [-0.39, 0.29) is 5.41 Å². The fourth-order valence-corrected chi connectivity index (χ4v) is 3.10. The average molecular weight is 253 g/mol. The molecule has 2 aromatic rings. The van der Waals surface area contributed by atoms with Gasteiger partial charge in [0.25, 0.3) is 0 Å². The fraction of sp³-hybridized carbons (Fsp3) is 0.444. The van der Waals surface area contributed by atoms with Crippen molar-refractivity contribution in [3.63, 3.8) is 0 Å². The first-order valence-electron chi connectivity index (χ1n) is 7.33. The molecule has 0 aliphatic heterocycles. The minimum absolute atomic E-state index is 0.239. The summed E-state index contributed by atoms with van der Waals surface area (Å²) in [5.41, 5.74) is 10.6. The summed E-state index contributed by atoms with van der Waals surface area (Å²) in [6, 6.07) is 11.5. The highest BCUT2D eigenvalue weighted by molar-refractivity contribution is 5.93. The van der Waals surface area contributed by atoms with E-state index in [9.17, 15) is 0 Å². The van der Waals surface area contributed by atoms with Crippen molar-refractivity contribution in [3.05, 3.63) is 47.0 Å². The first-order valence-corrected chi connectivity index (χ1v) is 7.33. The molecule has 0 saturated carbocycles. The van der Waals surface area contributed by atoms with Gasteiger partial charge in [0.2, 0.25) is 0 Å². The average Bonchev–Trinajstić information content (AvgIpc) is 2.84. The van der Waals surface area contributed by atoms with E-state index in [0.717, 1.165) is 19.4 Å². The smallest absolute Gasteiger partial charge is 0.00257 e. The van der Waals surface area contributed by atoms with E-state index in [2.05, 4.69) is 44.2 Å². The molecule has 1 nitrogen and oxygen atoms in total. The Morgan fingerprint density at radius 3 is 2.53 bits per heavy atom. The minimum atomic E-state index is 0.239. The van der Waals surface area contributed by atoms with Crippen LogP contribution in [-0.4, -0.2) is 6.54 Å². The van der Waals surface area contributed by atoms with Crippen molar-refractivity contribution < 1.29 is 0 Å². The monoisotopic (exact) mass is 253 g/mol. The van der Waals surface area contributed by atoms with Crippen molar-refractivity contribution in [1.82, 2.24) is 0 Å². The third-order valence-corrected chi connectivity index (χ3v) is 4.59. The van der Waals surface area contributed by atoms with Crippen molar-refractivity contribution in [3.8, 4) is 0 Å². The third kappa shape index (κ3) is 2.28. The predicted molar refractivity (Wildman–Crippen MR) is 82.5 cm³/mol. The zero-order valence-corrected chi connectivity index (χ0v) is 12.0. The van der Waals surface area contributed by atoms with Crippen LogP contribution in [0.4, 0.5) is 0 Å². The normalized spacial score (nSPS) is 14.3. The molecule has 1 heteroatoms. The molecule has 2 aromatic carbocycles. The predicted octanol–water partition coefficient (Wildman–Crippen LogP) is 3.86. The number of hydrogen-bond acceptors (Lipinski definition) is 1. The van der Waals surface area contributed by atoms with Crippen LogP contribution in [0.25, 0.3) is 10.8 Å². The van der Waals surface area contributed by atoms with Crippen LogP contribution in [0.5, 0.6) is 0 Å². The van der Waals surface area contributed by atoms with Crippen molar-refractivity contribution in [1.29, 1.82) is 0 Å². The first kappa shape index (κ1) is 12.7. The standard InChI is InChI=1S/C18H23N/c1-18(2,12-19)11-10-13-6-7-15-9-8-14-4-3-5-16(13)17(14)15/h3-7H,8-12,19H2,1-2H3. The van der Waals surface area contributed by atoms with Crippen LogP contribution in [0.1, 0.15) is 37.0 Å². The Labute approximate surface area is 115 Å². The summed E-state index contributed by atoms with van der Waals surface area (Å²) < 4.78 is 0. The van der Waals surface area contributed by atoms with Crippen LogP contribution in [0.15, 0.2) is 30.3 Å². The van der Waals surface area contributed by atoms with Gasteiger partial charge in [-0.2, -0.15) is 0 Å². The van der Waals surface area contributed by atoms with Crippen molar-refractivity contribution in [2.45, 2.75) is 39.5 Å². The van der Waals surface area contributed by atoms with Gasteiger partial charge in [-0.3, -0.25) is 0 Å². The Hall–Kier alpha value is -1.34. The fourth-order valence-electron chi connectivity index (χ4n) is 3.10. The first-order chi connectivity index (χ1) is 9.11. The van der Waals surface area contributed by atoms with Gasteiger partial charge < -0.3 is 5.73 Å². The molecule has 1 aliphatic carbocycles. The van der Waals surface area contributed by atoms with Gasteiger partial charge in [-0.25, -0.2) is 0 Å². The van der Waals surface area contributed by atoms with Crippen LogP contribution < -0.4 is 5.73 Å². The lowest BCUT2D eigenvalue weighted by Gasteiger charge is -2.22. The molecule has 0 radical (unpaired) electrons. The quantitative estimate of drug-likeness (QED) is 0.880. The minimum Gasteiger partial charge on any atom is -0.330 e. The van der Waals surface area contributed by atoms with Crippen LogP contribution in [0, 0.1) is 5.41 Å². The van der Waals surface area contributed by atoms with Crippen LogP contribution in [0.3, 0.4) is 0 Å². The second-order valence-electron chi connectivity index (χ2n) is 6.59. The molecule has 0 atom stereocenters. The number of rotatable bonds is 4. The van der Waals surface area contributed by atoms with Gasteiger partial charge in [-0.1, -0.05) is 44.2 Å². The van der Waals surface area contributed by atoms with Crippen LogP contribution in [0.2, 0.25) is 0 Å². The van der Waals surface area contributed by atoms with Crippen molar-refractivity contribution in [2.24, 2.45) is 11.1 Å². The van der Waals surface area contributed by atoms with Gasteiger partial charge in [0.05, 0.1) is 0 Å². The van der Waals surface area contributed by atoms with Gasteiger partial charge in [0, 0.05) is 0 Å². The molecule has 100 valence electrons. The zero-order valence-electron chi connectivity index (χ0n) is 12.0. The molecule has 0 fully saturated rings. The van der Waals surface area contributed by atoms with E-state index < -0.39 is 0 Å². The molecule has 0 aromatic heterocycles. The highest BCUT2D eigenvalue weighted by atomic mass is 14.6. The Morgan fingerprint density at radius 1 is 1.05 bits per heavy atom. The van der Waals surface area contributed by atoms with Gasteiger partial charge in [-0.15, -0.1) is 0 Å². The van der Waals surface area contributed by atoms with E-state index in [4.69, 9.17) is 5.73 Å². The molecule has 2 N–H and O–H groups in total. The van der Waals surface area contributed by atoms with Crippen LogP contribution in [-0.2, 0) is 19.3 Å². The lowest BCUT2D eigenvalue weighted by molar-refractivity contribution is 0.348. The Bertz CT molecular complexity index is 600. The second kappa shape index (κ2) is 4.64. The van der Waals surface area contributed by atoms with Gasteiger partial charge in [0.15, 0.2) is 0 Å². The molecule has 0 bridgehead atoms.